The van der Waals surface area contributed by atoms with Gasteiger partial charge < -0.3 is 20.1 Å². The number of halogens is 2. The summed E-state index contributed by atoms with van der Waals surface area (Å²) in [5, 5.41) is 7.24. The lowest BCUT2D eigenvalue weighted by molar-refractivity contribution is 0.0518. The molecule has 6 heteroatoms. The highest BCUT2D eigenvalue weighted by atomic mass is 35.5. The van der Waals surface area contributed by atoms with Gasteiger partial charge in [-0.3, -0.25) is 0 Å². The van der Waals surface area contributed by atoms with Crippen molar-refractivity contribution in [3.05, 3.63) is 30.1 Å². The maximum atomic E-state index is 13.2. The monoisotopic (exact) mass is 358 g/mol. The molecular formula is C18H28ClFN2O2. The molecule has 1 aliphatic heterocycles. The van der Waals surface area contributed by atoms with E-state index in [4.69, 9.17) is 9.47 Å². The first kappa shape index (κ1) is 19.4. The van der Waals surface area contributed by atoms with Crippen molar-refractivity contribution in [3.63, 3.8) is 0 Å². The van der Waals surface area contributed by atoms with Crippen LogP contribution in [-0.4, -0.2) is 44.5 Å². The fourth-order valence-corrected chi connectivity index (χ4v) is 3.72. The third-order valence-corrected chi connectivity index (χ3v) is 4.84. The van der Waals surface area contributed by atoms with Gasteiger partial charge in [0.2, 0.25) is 0 Å². The van der Waals surface area contributed by atoms with Crippen LogP contribution >= 0.6 is 12.4 Å². The summed E-state index contributed by atoms with van der Waals surface area (Å²) in [6.07, 6.45) is 3.72. The largest absolute Gasteiger partial charge is 0.489 e. The van der Waals surface area contributed by atoms with E-state index in [9.17, 15) is 4.39 Å². The number of hydrogen-bond acceptors (Lipinski definition) is 4. The number of benzene rings is 1. The molecule has 1 aromatic carbocycles. The van der Waals surface area contributed by atoms with E-state index in [-0.39, 0.29) is 24.3 Å². The molecule has 0 radical (unpaired) electrons. The Kier molecular flexibility index (Phi) is 7.75. The topological polar surface area (TPSA) is 42.5 Å². The summed E-state index contributed by atoms with van der Waals surface area (Å²) in [6.45, 7) is 5.38. The van der Waals surface area contributed by atoms with Crippen LogP contribution in [0.4, 0.5) is 4.39 Å². The molecule has 0 spiro atoms. The van der Waals surface area contributed by atoms with Crippen molar-refractivity contribution in [1.29, 1.82) is 0 Å². The van der Waals surface area contributed by atoms with Crippen LogP contribution in [0.1, 0.15) is 26.2 Å². The summed E-state index contributed by atoms with van der Waals surface area (Å²) in [5.41, 5.74) is 0. The number of rotatable bonds is 6. The predicted octanol–water partition coefficient (Wildman–Crippen LogP) is 2.76. The number of morpholine rings is 1. The molecule has 0 aromatic heterocycles. The number of nitrogens with one attached hydrogen (secondary N) is 2. The fourth-order valence-electron chi connectivity index (χ4n) is 3.72. The molecule has 2 aliphatic rings. The molecular weight excluding hydrogens is 331 g/mol. The second-order valence-electron chi connectivity index (χ2n) is 6.63. The Morgan fingerprint density at radius 1 is 1.42 bits per heavy atom. The molecule has 1 aromatic rings. The van der Waals surface area contributed by atoms with E-state index < -0.39 is 0 Å². The highest BCUT2D eigenvalue weighted by molar-refractivity contribution is 5.85. The second kappa shape index (κ2) is 9.56. The van der Waals surface area contributed by atoms with Crippen molar-refractivity contribution in [3.8, 4) is 5.75 Å². The number of ether oxygens (including phenoxy) is 2. The van der Waals surface area contributed by atoms with E-state index in [2.05, 4.69) is 10.6 Å². The molecule has 4 unspecified atom stereocenters. The second-order valence-corrected chi connectivity index (χ2v) is 6.63. The zero-order chi connectivity index (χ0) is 16.1. The summed E-state index contributed by atoms with van der Waals surface area (Å²) >= 11 is 0. The van der Waals surface area contributed by atoms with Gasteiger partial charge in [0.15, 0.2) is 0 Å². The standard InChI is InChI=1S/C18H27FN2O2.ClH/c1-13(23-15-5-2-4-14(19)10-15)11-21-17-7-3-6-16(17)18-12-22-9-8-20-18;/h2,4-5,10,13,16-18,20-21H,3,6-9,11-12H2,1H3;1H. The van der Waals surface area contributed by atoms with E-state index in [0.717, 1.165) is 26.3 Å². The smallest absolute Gasteiger partial charge is 0.126 e. The van der Waals surface area contributed by atoms with Crippen LogP contribution in [0.15, 0.2) is 24.3 Å². The Morgan fingerprint density at radius 2 is 2.29 bits per heavy atom. The van der Waals surface area contributed by atoms with Gasteiger partial charge in [-0.05, 0) is 37.8 Å². The van der Waals surface area contributed by atoms with Crippen molar-refractivity contribution >= 4 is 12.4 Å². The van der Waals surface area contributed by atoms with Gasteiger partial charge in [-0.15, -0.1) is 12.4 Å². The first-order valence-electron chi connectivity index (χ1n) is 8.69. The molecule has 2 fully saturated rings. The molecule has 0 bridgehead atoms. The highest BCUT2D eigenvalue weighted by Crippen LogP contribution is 2.29. The Balaban J connectivity index is 0.00000208. The van der Waals surface area contributed by atoms with E-state index in [1.807, 2.05) is 6.92 Å². The van der Waals surface area contributed by atoms with E-state index in [1.165, 1.54) is 31.4 Å². The molecule has 3 rings (SSSR count). The first-order chi connectivity index (χ1) is 11.2. The maximum absolute atomic E-state index is 13.2. The molecule has 24 heavy (non-hydrogen) atoms. The molecule has 4 atom stereocenters. The molecule has 0 amide bonds. The summed E-state index contributed by atoms with van der Waals surface area (Å²) in [4.78, 5) is 0. The summed E-state index contributed by atoms with van der Waals surface area (Å²) < 4.78 is 24.6. The fraction of sp³-hybridized carbons (Fsp3) is 0.667. The van der Waals surface area contributed by atoms with E-state index in [1.54, 1.807) is 12.1 Å². The minimum atomic E-state index is -0.262. The predicted molar refractivity (Wildman–Crippen MR) is 95.5 cm³/mol. The number of hydrogen-bond donors (Lipinski definition) is 2. The van der Waals surface area contributed by atoms with Crippen molar-refractivity contribution in [2.24, 2.45) is 5.92 Å². The zero-order valence-corrected chi connectivity index (χ0v) is 15.0. The van der Waals surface area contributed by atoms with Crippen LogP contribution in [0.5, 0.6) is 5.75 Å². The molecule has 1 saturated heterocycles. The minimum absolute atomic E-state index is 0. The van der Waals surface area contributed by atoms with E-state index in [0.29, 0.717) is 23.8 Å². The normalized spacial score (nSPS) is 28.2. The molecule has 2 N–H and O–H groups in total. The van der Waals surface area contributed by atoms with Crippen molar-refractivity contribution < 1.29 is 13.9 Å². The average Bonchev–Trinajstić information content (AvgIpc) is 3.02. The third-order valence-electron chi connectivity index (χ3n) is 4.84. The Labute approximate surface area is 149 Å². The highest BCUT2D eigenvalue weighted by Gasteiger charge is 2.34. The van der Waals surface area contributed by atoms with Crippen LogP contribution < -0.4 is 15.4 Å². The van der Waals surface area contributed by atoms with E-state index >= 15 is 0 Å². The molecule has 1 heterocycles. The van der Waals surface area contributed by atoms with Gasteiger partial charge in [0.25, 0.3) is 0 Å². The Morgan fingerprint density at radius 3 is 3.04 bits per heavy atom. The Bertz CT molecular complexity index is 500. The third kappa shape index (κ3) is 5.31. The minimum Gasteiger partial charge on any atom is -0.489 e. The van der Waals surface area contributed by atoms with Crippen LogP contribution in [0.2, 0.25) is 0 Å². The van der Waals surface area contributed by atoms with Crippen molar-refractivity contribution in [2.45, 2.75) is 44.4 Å². The molecule has 4 nitrogen and oxygen atoms in total. The SMILES string of the molecule is CC(CNC1CCCC1C1COCCN1)Oc1cccc(F)c1.Cl. The lowest BCUT2D eigenvalue weighted by Crippen LogP contribution is -2.51. The van der Waals surface area contributed by atoms with Gasteiger partial charge in [-0.25, -0.2) is 4.39 Å². The lowest BCUT2D eigenvalue weighted by atomic mass is 9.94. The summed E-state index contributed by atoms with van der Waals surface area (Å²) in [5.74, 6) is 0.947. The maximum Gasteiger partial charge on any atom is 0.126 e. The van der Waals surface area contributed by atoms with Gasteiger partial charge in [0.05, 0.1) is 13.2 Å². The Hall–Kier alpha value is -0.880. The zero-order valence-electron chi connectivity index (χ0n) is 14.2. The summed E-state index contributed by atoms with van der Waals surface area (Å²) in [7, 11) is 0. The van der Waals surface area contributed by atoms with Crippen LogP contribution in [0, 0.1) is 11.7 Å². The molecule has 136 valence electrons. The quantitative estimate of drug-likeness (QED) is 0.820. The van der Waals surface area contributed by atoms with Crippen LogP contribution in [0.3, 0.4) is 0 Å². The van der Waals surface area contributed by atoms with Gasteiger partial charge in [0, 0.05) is 31.2 Å². The van der Waals surface area contributed by atoms with Crippen LogP contribution in [-0.2, 0) is 4.74 Å². The summed E-state index contributed by atoms with van der Waals surface area (Å²) in [6, 6.07) is 7.29. The van der Waals surface area contributed by atoms with Gasteiger partial charge in [0.1, 0.15) is 17.7 Å². The van der Waals surface area contributed by atoms with Crippen LogP contribution in [0.25, 0.3) is 0 Å². The lowest BCUT2D eigenvalue weighted by Gasteiger charge is -2.33. The van der Waals surface area contributed by atoms with Gasteiger partial charge in [-0.2, -0.15) is 0 Å². The van der Waals surface area contributed by atoms with Crippen molar-refractivity contribution in [1.82, 2.24) is 10.6 Å². The van der Waals surface area contributed by atoms with Gasteiger partial charge in [-0.1, -0.05) is 12.5 Å². The molecule has 1 aliphatic carbocycles. The first-order valence-corrected chi connectivity index (χ1v) is 8.69. The average molecular weight is 359 g/mol. The van der Waals surface area contributed by atoms with Crippen molar-refractivity contribution in [2.75, 3.05) is 26.3 Å². The molecule has 1 saturated carbocycles. The van der Waals surface area contributed by atoms with Gasteiger partial charge >= 0.3 is 0 Å².